The van der Waals surface area contributed by atoms with Crippen molar-refractivity contribution in [1.29, 1.82) is 0 Å². The van der Waals surface area contributed by atoms with E-state index in [2.05, 4.69) is 34.5 Å². The van der Waals surface area contributed by atoms with Crippen molar-refractivity contribution in [2.24, 2.45) is 0 Å². The first-order valence-electron chi connectivity index (χ1n) is 9.38. The number of phosphoric acid groups is 1. The molecule has 0 aliphatic carbocycles. The lowest BCUT2D eigenvalue weighted by molar-refractivity contribution is -0.132. The molecule has 7 N–H and O–H groups in total. The molecule has 0 radical (unpaired) electrons. The van der Waals surface area contributed by atoms with Crippen molar-refractivity contribution in [3.05, 3.63) is 47.8 Å². The van der Waals surface area contributed by atoms with Gasteiger partial charge in [0.2, 0.25) is 0 Å². The van der Waals surface area contributed by atoms with Crippen LogP contribution in [0.2, 0.25) is 0 Å². The third-order valence-corrected chi connectivity index (χ3v) is 5.01. The monoisotopic (exact) mass is 509 g/mol. The lowest BCUT2D eigenvalue weighted by atomic mass is 10.1. The standard InChI is InChI=1S/C12H8F3N5.C5H11O8P/c13-7-2-1-6(8(14)9(7)15)3-16-11-10-12(18-4-17-10)20-5-19-11;6-3-2(1-12-14(9,10)11)13-5(8)4(3)7/h1-2,4-5H,3H2,(H2,16,17,18,19,20);2-8H,1H2,(H2,9,10,11)/t;2-,3-,4-,5?/m.1/s1. The highest BCUT2D eigenvalue weighted by Gasteiger charge is 2.42. The van der Waals surface area contributed by atoms with E-state index in [1.165, 1.54) is 18.7 Å². The number of ether oxygens (including phenoxy) is 1. The number of aliphatic hydroxyl groups is 3. The highest BCUT2D eigenvalue weighted by molar-refractivity contribution is 7.46. The maximum atomic E-state index is 13.5. The molecular formula is C17H19F3N5O8P. The van der Waals surface area contributed by atoms with Crippen LogP contribution in [0.4, 0.5) is 19.0 Å². The minimum Gasteiger partial charge on any atom is -0.387 e. The third kappa shape index (κ3) is 6.25. The average molecular weight is 509 g/mol. The summed E-state index contributed by atoms with van der Waals surface area (Å²) in [5.41, 5.74) is 0.999. The van der Waals surface area contributed by atoms with Gasteiger partial charge in [0.15, 0.2) is 35.2 Å². The summed E-state index contributed by atoms with van der Waals surface area (Å²) in [4.78, 5) is 31.3. The third-order valence-electron chi connectivity index (χ3n) is 4.53. The number of nitrogens with one attached hydrogen (secondary N) is 2. The minimum absolute atomic E-state index is 0.00447. The maximum Gasteiger partial charge on any atom is 0.469 e. The van der Waals surface area contributed by atoms with Crippen LogP contribution in [0.1, 0.15) is 5.56 Å². The number of aliphatic hydroxyl groups excluding tert-OH is 3. The Morgan fingerprint density at radius 2 is 1.82 bits per heavy atom. The van der Waals surface area contributed by atoms with E-state index in [0.29, 0.717) is 17.0 Å². The number of aromatic nitrogens is 4. The number of nitrogens with zero attached hydrogens (tertiary/aromatic N) is 3. The largest absolute Gasteiger partial charge is 0.469 e. The summed E-state index contributed by atoms with van der Waals surface area (Å²) in [6, 6.07) is 2.05. The second-order valence-corrected chi connectivity index (χ2v) is 8.08. The summed E-state index contributed by atoms with van der Waals surface area (Å²) in [5, 5.41) is 29.9. The summed E-state index contributed by atoms with van der Waals surface area (Å²) >= 11 is 0. The van der Waals surface area contributed by atoms with E-state index in [1.807, 2.05) is 0 Å². The van der Waals surface area contributed by atoms with Gasteiger partial charge < -0.3 is 40.1 Å². The highest BCUT2D eigenvalue weighted by Crippen LogP contribution is 2.37. The van der Waals surface area contributed by atoms with E-state index in [0.717, 1.165) is 6.07 Å². The molecule has 17 heteroatoms. The van der Waals surface area contributed by atoms with Gasteiger partial charge in [-0.3, -0.25) is 4.52 Å². The van der Waals surface area contributed by atoms with Crippen molar-refractivity contribution in [1.82, 2.24) is 19.9 Å². The van der Waals surface area contributed by atoms with Crippen LogP contribution >= 0.6 is 7.82 Å². The predicted octanol–water partition coefficient (Wildman–Crippen LogP) is -0.0830. The fourth-order valence-corrected chi connectivity index (χ4v) is 3.16. The van der Waals surface area contributed by atoms with Crippen LogP contribution in [0, 0.1) is 17.5 Å². The number of hydrogen-bond donors (Lipinski definition) is 7. The maximum absolute atomic E-state index is 13.5. The second-order valence-electron chi connectivity index (χ2n) is 6.84. The van der Waals surface area contributed by atoms with Gasteiger partial charge in [-0.1, -0.05) is 6.07 Å². The van der Waals surface area contributed by atoms with Crippen LogP contribution in [0.3, 0.4) is 0 Å². The van der Waals surface area contributed by atoms with E-state index in [1.54, 1.807) is 0 Å². The average Bonchev–Trinajstić information content (AvgIpc) is 3.36. The van der Waals surface area contributed by atoms with Gasteiger partial charge in [-0.05, 0) is 6.07 Å². The number of rotatable bonds is 6. The number of halogens is 3. The molecule has 0 saturated carbocycles. The molecule has 0 spiro atoms. The van der Waals surface area contributed by atoms with Crippen LogP contribution in [0.15, 0.2) is 24.8 Å². The normalized spacial score (nSPS) is 22.5. The zero-order chi connectivity index (χ0) is 25.0. The zero-order valence-electron chi connectivity index (χ0n) is 16.9. The van der Waals surface area contributed by atoms with Crippen molar-refractivity contribution >= 4 is 24.8 Å². The van der Waals surface area contributed by atoms with E-state index in [9.17, 15) is 17.7 Å². The van der Waals surface area contributed by atoms with Gasteiger partial charge in [-0.15, -0.1) is 0 Å². The Bertz CT molecular complexity index is 1180. The molecule has 3 heterocycles. The number of phosphoric ester groups is 1. The lowest BCUT2D eigenvalue weighted by Crippen LogP contribution is -2.34. The Kier molecular flexibility index (Phi) is 8.17. The van der Waals surface area contributed by atoms with Crippen LogP contribution in [0.25, 0.3) is 11.2 Å². The predicted molar refractivity (Wildman–Crippen MR) is 106 cm³/mol. The molecule has 13 nitrogen and oxygen atoms in total. The Morgan fingerprint density at radius 3 is 2.47 bits per heavy atom. The molecule has 2 aromatic heterocycles. The topological polar surface area (TPSA) is 203 Å². The highest BCUT2D eigenvalue weighted by atomic mass is 31.2. The second kappa shape index (κ2) is 10.7. The quantitative estimate of drug-likeness (QED) is 0.172. The Morgan fingerprint density at radius 1 is 1.09 bits per heavy atom. The van der Waals surface area contributed by atoms with Gasteiger partial charge in [-0.25, -0.2) is 32.7 Å². The van der Waals surface area contributed by atoms with E-state index in [-0.39, 0.29) is 12.1 Å². The molecule has 4 rings (SSSR count). The minimum atomic E-state index is -4.64. The number of aromatic amines is 1. The summed E-state index contributed by atoms with van der Waals surface area (Å²) in [5.74, 6) is -3.52. The number of H-pyrrole nitrogens is 1. The molecule has 1 aliphatic rings. The first kappa shape index (κ1) is 25.9. The lowest BCUT2D eigenvalue weighted by Gasteiger charge is -2.14. The molecule has 186 valence electrons. The van der Waals surface area contributed by atoms with Crippen molar-refractivity contribution in [2.75, 3.05) is 11.9 Å². The molecular weight excluding hydrogens is 490 g/mol. The molecule has 1 fully saturated rings. The SMILES string of the molecule is Fc1ccc(CNc2ncnc3nc[nH]c23)c(F)c1F.O=P(O)(O)OC[C@H]1OC(O)[C@H](O)[C@@H]1O. The van der Waals surface area contributed by atoms with Crippen LogP contribution in [0.5, 0.6) is 0 Å². The van der Waals surface area contributed by atoms with Gasteiger partial charge in [-0.2, -0.15) is 0 Å². The van der Waals surface area contributed by atoms with Crippen LogP contribution in [-0.2, 0) is 20.4 Å². The van der Waals surface area contributed by atoms with Gasteiger partial charge in [0, 0.05) is 12.1 Å². The molecule has 1 aliphatic heterocycles. The van der Waals surface area contributed by atoms with Crippen molar-refractivity contribution in [3.63, 3.8) is 0 Å². The fraction of sp³-hybridized carbons (Fsp3) is 0.353. The number of imidazole rings is 1. The van der Waals surface area contributed by atoms with Gasteiger partial charge in [0.05, 0.1) is 12.9 Å². The van der Waals surface area contributed by atoms with Gasteiger partial charge in [0.1, 0.15) is 30.2 Å². The fourth-order valence-electron chi connectivity index (χ4n) is 2.82. The molecule has 0 bridgehead atoms. The van der Waals surface area contributed by atoms with Gasteiger partial charge >= 0.3 is 7.82 Å². The smallest absolute Gasteiger partial charge is 0.387 e. The zero-order valence-corrected chi connectivity index (χ0v) is 17.8. The molecule has 34 heavy (non-hydrogen) atoms. The molecule has 1 aromatic carbocycles. The van der Waals surface area contributed by atoms with Crippen LogP contribution in [-0.4, -0.2) is 76.3 Å². The van der Waals surface area contributed by atoms with Gasteiger partial charge in [0.25, 0.3) is 0 Å². The van der Waals surface area contributed by atoms with Crippen molar-refractivity contribution in [2.45, 2.75) is 31.1 Å². The summed E-state index contributed by atoms with van der Waals surface area (Å²) in [6.07, 6.45) is -2.92. The van der Waals surface area contributed by atoms with Crippen molar-refractivity contribution in [3.8, 4) is 0 Å². The van der Waals surface area contributed by atoms with E-state index < -0.39 is 56.5 Å². The van der Waals surface area contributed by atoms with Crippen LogP contribution < -0.4 is 5.32 Å². The summed E-state index contributed by atoms with van der Waals surface area (Å²) in [7, 11) is -4.64. The number of fused-ring (bicyclic) bond motifs is 1. The molecule has 1 unspecified atom stereocenters. The summed E-state index contributed by atoms with van der Waals surface area (Å²) in [6.45, 7) is -0.659. The first-order valence-corrected chi connectivity index (χ1v) is 10.9. The van der Waals surface area contributed by atoms with Crippen molar-refractivity contribution < 1.29 is 52.1 Å². The number of benzene rings is 1. The van der Waals surface area contributed by atoms with E-state index >= 15 is 0 Å². The Labute approximate surface area is 188 Å². The molecule has 1 saturated heterocycles. The van der Waals surface area contributed by atoms with E-state index in [4.69, 9.17) is 25.1 Å². The Balaban J connectivity index is 0.000000204. The molecule has 3 aromatic rings. The number of hydrogen-bond acceptors (Lipinski definition) is 10. The number of anilines is 1. The Hall–Kier alpha value is -2.69. The molecule has 4 atom stereocenters. The molecule has 0 amide bonds. The summed E-state index contributed by atoms with van der Waals surface area (Å²) < 4.78 is 58.3. The first-order chi connectivity index (χ1) is 16.0.